The van der Waals surface area contributed by atoms with Crippen molar-refractivity contribution >= 4 is 27.4 Å². The molecular formula is C25H24F2N2O5S. The Bertz CT molecular complexity index is 1350. The van der Waals surface area contributed by atoms with Crippen LogP contribution in [0.5, 0.6) is 0 Å². The van der Waals surface area contributed by atoms with E-state index in [1.807, 2.05) is 4.72 Å². The van der Waals surface area contributed by atoms with E-state index in [9.17, 15) is 31.9 Å². The molecule has 0 saturated heterocycles. The van der Waals surface area contributed by atoms with Gasteiger partial charge in [0, 0.05) is 28.3 Å². The van der Waals surface area contributed by atoms with E-state index in [4.69, 9.17) is 0 Å². The normalized spacial score (nSPS) is 12.6. The first-order valence-electron chi connectivity index (χ1n) is 10.5. The average Bonchev–Trinajstić information content (AvgIpc) is 2.79. The molecule has 0 aromatic heterocycles. The molecule has 184 valence electrons. The van der Waals surface area contributed by atoms with Crippen molar-refractivity contribution in [2.24, 2.45) is 0 Å². The summed E-state index contributed by atoms with van der Waals surface area (Å²) in [5, 5.41) is 13.0. The van der Waals surface area contributed by atoms with Crippen molar-refractivity contribution < 1.29 is 31.9 Å². The predicted molar refractivity (Wildman–Crippen MR) is 127 cm³/mol. The number of hydrogen-bond acceptors (Lipinski definition) is 5. The molecule has 3 aromatic carbocycles. The number of sulfonamides is 1. The van der Waals surface area contributed by atoms with Crippen molar-refractivity contribution in [1.82, 2.24) is 5.32 Å². The van der Waals surface area contributed by atoms with Crippen molar-refractivity contribution in [3.8, 4) is 0 Å². The summed E-state index contributed by atoms with van der Waals surface area (Å²) in [6.07, 6.45) is -1.98. The van der Waals surface area contributed by atoms with Crippen LogP contribution >= 0.6 is 0 Å². The van der Waals surface area contributed by atoms with Crippen molar-refractivity contribution in [2.45, 2.75) is 37.3 Å². The van der Waals surface area contributed by atoms with Crippen LogP contribution in [0, 0.1) is 11.6 Å². The van der Waals surface area contributed by atoms with Gasteiger partial charge >= 0.3 is 0 Å². The Morgan fingerprint density at radius 3 is 2.06 bits per heavy atom. The lowest BCUT2D eigenvalue weighted by atomic mass is 9.99. The molecular weight excluding hydrogens is 478 g/mol. The lowest BCUT2D eigenvalue weighted by molar-refractivity contribution is 0.0739. The number of carbonyl (C=O) groups excluding carboxylic acids is 2. The molecule has 0 spiro atoms. The first-order valence-corrected chi connectivity index (χ1v) is 12.0. The monoisotopic (exact) mass is 502 g/mol. The Morgan fingerprint density at radius 2 is 1.49 bits per heavy atom. The second-order valence-electron chi connectivity index (χ2n) is 8.82. The Morgan fingerprint density at radius 1 is 0.886 bits per heavy atom. The maximum atomic E-state index is 14.7. The fourth-order valence-electron chi connectivity index (χ4n) is 3.15. The molecule has 0 aliphatic carbocycles. The van der Waals surface area contributed by atoms with E-state index < -0.39 is 56.2 Å². The lowest BCUT2D eigenvalue weighted by Crippen LogP contribution is -2.40. The summed E-state index contributed by atoms with van der Waals surface area (Å²) in [4.78, 5) is 24.3. The molecule has 0 aliphatic rings. The highest BCUT2D eigenvalue weighted by atomic mass is 32.2. The minimum absolute atomic E-state index is 0.101. The van der Waals surface area contributed by atoms with E-state index in [0.717, 1.165) is 12.1 Å². The van der Waals surface area contributed by atoms with Crippen LogP contribution in [0.3, 0.4) is 0 Å². The number of aliphatic hydroxyl groups is 1. The smallest absolute Gasteiger partial charge is 0.261 e. The second kappa shape index (κ2) is 9.93. The molecule has 7 nitrogen and oxygen atoms in total. The van der Waals surface area contributed by atoms with Crippen LogP contribution < -0.4 is 10.0 Å². The molecule has 1 amide bonds. The Kier molecular flexibility index (Phi) is 7.37. The van der Waals surface area contributed by atoms with Gasteiger partial charge in [-0.1, -0.05) is 30.3 Å². The van der Waals surface area contributed by atoms with Crippen LogP contribution in [0.15, 0.2) is 71.6 Å². The summed E-state index contributed by atoms with van der Waals surface area (Å²) in [5.74, 6) is -3.60. The van der Waals surface area contributed by atoms with E-state index >= 15 is 0 Å². The highest BCUT2D eigenvalue weighted by molar-refractivity contribution is 7.92. The maximum Gasteiger partial charge on any atom is 0.261 e. The van der Waals surface area contributed by atoms with Gasteiger partial charge in [-0.15, -0.1) is 0 Å². The third-order valence-electron chi connectivity index (χ3n) is 4.85. The fraction of sp³-hybridized carbons (Fsp3) is 0.200. The largest absolute Gasteiger partial charge is 0.380 e. The zero-order valence-electron chi connectivity index (χ0n) is 19.2. The molecule has 0 heterocycles. The molecule has 0 fully saturated rings. The zero-order valence-corrected chi connectivity index (χ0v) is 20.0. The Hall–Kier alpha value is -3.63. The summed E-state index contributed by atoms with van der Waals surface area (Å²) in [6, 6.07) is 13.6. The standard InChI is InChI=1S/C25H24F2N2O5S/c1-25(2,3)28-24(32)16-9-11-17(12-10-16)35(33,34)29-21-14-19(26)18(13-20(21)27)23(31)22(30)15-7-5-4-6-8-15/h4-14,23,29,31H,1-3H3,(H,28,32). The zero-order chi connectivity index (χ0) is 26.0. The van der Waals surface area contributed by atoms with Crippen LogP contribution in [0.25, 0.3) is 0 Å². The second-order valence-corrected chi connectivity index (χ2v) is 10.5. The van der Waals surface area contributed by atoms with Gasteiger partial charge in [-0.05, 0) is 51.1 Å². The molecule has 10 heteroatoms. The number of hydrogen-bond donors (Lipinski definition) is 3. The minimum atomic E-state index is -4.34. The topological polar surface area (TPSA) is 113 Å². The third-order valence-corrected chi connectivity index (χ3v) is 6.23. The van der Waals surface area contributed by atoms with Gasteiger partial charge in [-0.3, -0.25) is 14.3 Å². The molecule has 0 bridgehead atoms. The number of aliphatic hydroxyl groups excluding tert-OH is 1. The van der Waals surface area contributed by atoms with Crippen molar-refractivity contribution in [2.75, 3.05) is 4.72 Å². The fourth-order valence-corrected chi connectivity index (χ4v) is 4.21. The third kappa shape index (κ3) is 6.28. The van der Waals surface area contributed by atoms with Crippen LogP contribution in [-0.2, 0) is 10.0 Å². The molecule has 3 N–H and O–H groups in total. The summed E-state index contributed by atoms with van der Waals surface area (Å²) in [7, 11) is -4.34. The molecule has 3 rings (SSSR count). The number of carbonyl (C=O) groups is 2. The van der Waals surface area contributed by atoms with E-state index in [-0.39, 0.29) is 16.0 Å². The highest BCUT2D eigenvalue weighted by Gasteiger charge is 2.26. The van der Waals surface area contributed by atoms with E-state index in [2.05, 4.69) is 5.32 Å². The van der Waals surface area contributed by atoms with Crippen molar-refractivity contribution in [3.63, 3.8) is 0 Å². The number of amides is 1. The molecule has 0 radical (unpaired) electrons. The predicted octanol–water partition coefficient (Wildman–Crippen LogP) is 4.21. The number of rotatable bonds is 7. The number of nitrogens with one attached hydrogen (secondary N) is 2. The summed E-state index contributed by atoms with van der Waals surface area (Å²) in [5.41, 5.74) is -1.51. The molecule has 1 atom stereocenters. The minimum Gasteiger partial charge on any atom is -0.380 e. The van der Waals surface area contributed by atoms with E-state index in [1.165, 1.54) is 24.3 Å². The Labute approximate surface area is 201 Å². The molecule has 0 saturated carbocycles. The quantitative estimate of drug-likeness (QED) is 0.419. The van der Waals surface area contributed by atoms with Gasteiger partial charge in [-0.25, -0.2) is 17.2 Å². The molecule has 3 aromatic rings. The molecule has 1 unspecified atom stereocenters. The molecule has 0 aliphatic heterocycles. The SMILES string of the molecule is CC(C)(C)NC(=O)c1ccc(S(=O)(=O)Nc2cc(F)c(C(O)C(=O)c3ccccc3)cc2F)cc1. The number of benzene rings is 3. The maximum absolute atomic E-state index is 14.7. The van der Waals surface area contributed by atoms with Gasteiger partial charge in [0.25, 0.3) is 15.9 Å². The van der Waals surface area contributed by atoms with Gasteiger partial charge in [0.15, 0.2) is 5.78 Å². The van der Waals surface area contributed by atoms with E-state index in [1.54, 1.807) is 39.0 Å². The van der Waals surface area contributed by atoms with E-state index in [0.29, 0.717) is 12.1 Å². The number of Topliss-reactive ketones (excluding diaryl/α,β-unsaturated/α-hetero) is 1. The van der Waals surface area contributed by atoms with Gasteiger partial charge in [0.1, 0.15) is 17.7 Å². The summed E-state index contributed by atoms with van der Waals surface area (Å²) < 4.78 is 56.6. The average molecular weight is 503 g/mol. The lowest BCUT2D eigenvalue weighted by Gasteiger charge is -2.20. The Balaban J connectivity index is 1.81. The van der Waals surface area contributed by atoms with Gasteiger partial charge in [0.2, 0.25) is 0 Å². The number of halogens is 2. The summed E-state index contributed by atoms with van der Waals surface area (Å²) in [6.45, 7) is 5.38. The first-order chi connectivity index (χ1) is 16.3. The number of anilines is 1. The van der Waals surface area contributed by atoms with Crippen LogP contribution in [-0.4, -0.2) is 30.8 Å². The van der Waals surface area contributed by atoms with Crippen LogP contribution in [0.4, 0.5) is 14.5 Å². The first kappa shape index (κ1) is 26.0. The van der Waals surface area contributed by atoms with Crippen molar-refractivity contribution in [1.29, 1.82) is 0 Å². The number of ketones is 1. The molecule has 35 heavy (non-hydrogen) atoms. The van der Waals surface area contributed by atoms with Crippen molar-refractivity contribution in [3.05, 3.63) is 95.1 Å². The highest BCUT2D eigenvalue weighted by Crippen LogP contribution is 2.28. The van der Waals surface area contributed by atoms with Gasteiger partial charge in [0.05, 0.1) is 10.6 Å². The van der Waals surface area contributed by atoms with Crippen LogP contribution in [0.2, 0.25) is 0 Å². The van der Waals surface area contributed by atoms with Gasteiger partial charge in [-0.2, -0.15) is 0 Å². The summed E-state index contributed by atoms with van der Waals surface area (Å²) >= 11 is 0. The van der Waals surface area contributed by atoms with Gasteiger partial charge < -0.3 is 10.4 Å². The van der Waals surface area contributed by atoms with Crippen LogP contribution in [0.1, 0.15) is 53.2 Å².